The Labute approximate surface area is 196 Å². The van der Waals surface area contributed by atoms with Gasteiger partial charge in [-0.15, -0.1) is 0 Å². The van der Waals surface area contributed by atoms with Crippen LogP contribution < -0.4 is 9.34 Å². The number of para-hydroxylation sites is 2. The third kappa shape index (κ3) is 4.66. The first kappa shape index (κ1) is 23.0. The monoisotopic (exact) mass is 461 g/mol. The van der Waals surface area contributed by atoms with Crippen LogP contribution in [0.2, 0.25) is 0 Å². The maximum absolute atomic E-state index is 13.2. The van der Waals surface area contributed by atoms with Crippen molar-refractivity contribution in [3.8, 4) is 0 Å². The van der Waals surface area contributed by atoms with Gasteiger partial charge in [-0.1, -0.05) is 73.3 Å². The highest BCUT2D eigenvalue weighted by Crippen LogP contribution is 2.73. The number of benzene rings is 3. The van der Waals surface area contributed by atoms with Gasteiger partial charge in [-0.25, -0.2) is 0 Å². The number of anilines is 2. The van der Waals surface area contributed by atoms with Crippen LogP contribution in [0.4, 0.5) is 11.4 Å². The molecule has 1 N–H and O–H groups in total. The van der Waals surface area contributed by atoms with Gasteiger partial charge in [0.25, 0.3) is 0 Å². The van der Waals surface area contributed by atoms with Crippen molar-refractivity contribution < 1.29 is 14.4 Å². The standard InChI is InChI=1S/C27H30N2O3P/c1-3-32-27(30)26(21-23-13-7-4-8-14-23)22(2)33(31)28(24-15-9-5-10-16-24)19-20-29(33)25-17-11-6-12-18-25/h4-18,26,31H,2-3,19-21H2,1H3/q+1. The van der Waals surface area contributed by atoms with E-state index in [1.165, 1.54) is 0 Å². The Morgan fingerprint density at radius 1 is 0.909 bits per heavy atom. The lowest BCUT2D eigenvalue weighted by molar-refractivity contribution is -0.146. The molecule has 1 aliphatic heterocycles. The maximum Gasteiger partial charge on any atom is 0.362 e. The van der Waals surface area contributed by atoms with E-state index in [1.54, 1.807) is 6.92 Å². The van der Waals surface area contributed by atoms with Crippen molar-refractivity contribution in [1.29, 1.82) is 0 Å². The molecule has 3 aromatic carbocycles. The molecule has 1 aliphatic rings. The van der Waals surface area contributed by atoms with Gasteiger partial charge in [-0.3, -0.25) is 4.79 Å². The van der Waals surface area contributed by atoms with Gasteiger partial charge in [0.15, 0.2) is 5.31 Å². The summed E-state index contributed by atoms with van der Waals surface area (Å²) in [6, 6.07) is 29.5. The molecule has 170 valence electrons. The van der Waals surface area contributed by atoms with Gasteiger partial charge in [0.05, 0.1) is 31.1 Å². The molecule has 0 saturated carbocycles. The summed E-state index contributed by atoms with van der Waals surface area (Å²) in [5.41, 5.74) is 2.82. The molecule has 0 spiro atoms. The maximum atomic E-state index is 13.2. The molecular formula is C27H30N2O3P+. The number of carbonyl (C=O) groups is 1. The number of nitrogens with zero attached hydrogens (tertiary/aromatic N) is 2. The van der Waals surface area contributed by atoms with Crippen LogP contribution in [0.25, 0.3) is 0 Å². The fraction of sp³-hybridized carbons (Fsp3) is 0.222. The Balaban J connectivity index is 1.78. The molecule has 0 radical (unpaired) electrons. The van der Waals surface area contributed by atoms with E-state index in [0.717, 1.165) is 16.9 Å². The largest absolute Gasteiger partial charge is 0.465 e. The summed E-state index contributed by atoms with van der Waals surface area (Å²) >= 11 is 0. The van der Waals surface area contributed by atoms with Gasteiger partial charge in [0.2, 0.25) is 0 Å². The number of hydrogen-bond acceptors (Lipinski definition) is 5. The Hall–Kier alpha value is -3.14. The summed E-state index contributed by atoms with van der Waals surface area (Å²) in [6.07, 6.45) is 0.423. The Morgan fingerprint density at radius 3 is 1.82 bits per heavy atom. The molecule has 1 saturated heterocycles. The van der Waals surface area contributed by atoms with E-state index in [0.29, 0.717) is 24.8 Å². The highest BCUT2D eigenvalue weighted by molar-refractivity contribution is 7.77. The third-order valence-corrected chi connectivity index (χ3v) is 9.24. The zero-order chi connectivity index (χ0) is 23.3. The summed E-state index contributed by atoms with van der Waals surface area (Å²) < 4.78 is 9.51. The SMILES string of the molecule is C=C(C(Cc1ccccc1)C(=O)OCC)[P+]1(O)N(c2ccccc2)CCN1c1ccccc1. The number of carbonyl (C=O) groups excluding carboxylic acids is 1. The minimum Gasteiger partial charge on any atom is -0.465 e. The second-order valence-corrected chi connectivity index (χ2v) is 10.6. The second kappa shape index (κ2) is 10.2. The van der Waals surface area contributed by atoms with E-state index in [-0.39, 0.29) is 12.6 Å². The topological polar surface area (TPSA) is 53.0 Å². The van der Waals surface area contributed by atoms with E-state index in [9.17, 15) is 9.69 Å². The molecule has 0 bridgehead atoms. The summed E-state index contributed by atoms with van der Waals surface area (Å²) in [4.78, 5) is 25.7. The Kier molecular flexibility index (Phi) is 7.12. The third-order valence-electron chi connectivity index (χ3n) is 5.95. The lowest BCUT2D eigenvalue weighted by atomic mass is 9.99. The number of rotatable bonds is 8. The normalized spacial score (nSPS) is 15.8. The first-order valence-electron chi connectivity index (χ1n) is 11.2. The molecule has 0 aromatic heterocycles. The van der Waals surface area contributed by atoms with E-state index in [2.05, 4.69) is 6.58 Å². The summed E-state index contributed by atoms with van der Waals surface area (Å²) in [6.45, 7) is 7.71. The molecule has 1 unspecified atom stereocenters. The molecule has 1 fully saturated rings. The fourth-order valence-electron chi connectivity index (χ4n) is 4.33. The molecular weight excluding hydrogens is 431 g/mol. The van der Waals surface area contributed by atoms with E-state index in [4.69, 9.17) is 4.74 Å². The van der Waals surface area contributed by atoms with Crippen molar-refractivity contribution >= 4 is 25.1 Å². The van der Waals surface area contributed by atoms with Crippen LogP contribution in [0, 0.1) is 5.92 Å². The second-order valence-electron chi connectivity index (χ2n) is 7.97. The van der Waals surface area contributed by atoms with Crippen LogP contribution >= 0.6 is 7.79 Å². The van der Waals surface area contributed by atoms with Crippen LogP contribution in [0.1, 0.15) is 12.5 Å². The van der Waals surface area contributed by atoms with Crippen LogP contribution in [-0.2, 0) is 16.0 Å². The summed E-state index contributed by atoms with van der Waals surface area (Å²) in [7, 11) is -3.17. The molecule has 0 amide bonds. The van der Waals surface area contributed by atoms with Gasteiger partial charge in [0.1, 0.15) is 5.92 Å². The molecule has 3 aromatic rings. The number of ether oxygens (including phenoxy) is 1. The predicted octanol–water partition coefficient (Wildman–Crippen LogP) is 5.70. The van der Waals surface area contributed by atoms with Crippen LogP contribution in [-0.4, -0.2) is 30.6 Å². The van der Waals surface area contributed by atoms with Crippen LogP contribution in [0.15, 0.2) is 103 Å². The van der Waals surface area contributed by atoms with Crippen molar-refractivity contribution in [2.45, 2.75) is 13.3 Å². The molecule has 5 nitrogen and oxygen atoms in total. The minimum absolute atomic E-state index is 0.277. The minimum atomic E-state index is -3.17. The van der Waals surface area contributed by atoms with E-state index < -0.39 is 13.7 Å². The average molecular weight is 462 g/mol. The molecule has 0 aliphatic carbocycles. The van der Waals surface area contributed by atoms with Crippen molar-refractivity contribution in [3.05, 3.63) is 108 Å². The van der Waals surface area contributed by atoms with Crippen molar-refractivity contribution in [2.24, 2.45) is 5.92 Å². The summed E-state index contributed by atoms with van der Waals surface area (Å²) in [5, 5.41) is 0.509. The zero-order valence-electron chi connectivity index (χ0n) is 18.9. The Bertz CT molecular complexity index is 1030. The quantitative estimate of drug-likeness (QED) is 0.344. The molecule has 1 heterocycles. The lowest BCUT2D eigenvalue weighted by Gasteiger charge is -2.34. The van der Waals surface area contributed by atoms with Crippen LogP contribution in [0.5, 0.6) is 0 Å². The van der Waals surface area contributed by atoms with Gasteiger partial charge < -0.3 is 4.74 Å². The van der Waals surface area contributed by atoms with Gasteiger partial charge in [0, 0.05) is 0 Å². The van der Waals surface area contributed by atoms with Gasteiger partial charge >= 0.3 is 13.8 Å². The molecule has 1 atom stereocenters. The number of esters is 1. The van der Waals surface area contributed by atoms with E-state index >= 15 is 0 Å². The average Bonchev–Trinajstić information content (AvgIpc) is 3.22. The first-order valence-corrected chi connectivity index (χ1v) is 12.9. The highest BCUT2D eigenvalue weighted by atomic mass is 31.2. The lowest BCUT2D eigenvalue weighted by Crippen LogP contribution is -2.32. The molecule has 33 heavy (non-hydrogen) atoms. The fourth-order valence-corrected chi connectivity index (χ4v) is 7.47. The zero-order valence-corrected chi connectivity index (χ0v) is 19.8. The summed E-state index contributed by atoms with van der Waals surface area (Å²) in [5.74, 6) is -1.02. The molecule has 6 heteroatoms. The van der Waals surface area contributed by atoms with Crippen molar-refractivity contribution in [1.82, 2.24) is 0 Å². The number of hydrogen-bond donors (Lipinski definition) is 1. The van der Waals surface area contributed by atoms with Gasteiger partial charge in [-0.2, -0.15) is 14.2 Å². The van der Waals surface area contributed by atoms with Crippen molar-refractivity contribution in [3.63, 3.8) is 0 Å². The van der Waals surface area contributed by atoms with Gasteiger partial charge in [-0.05, 0) is 43.2 Å². The molecule has 4 rings (SSSR count). The van der Waals surface area contributed by atoms with E-state index in [1.807, 2.05) is 100 Å². The highest BCUT2D eigenvalue weighted by Gasteiger charge is 2.61. The van der Waals surface area contributed by atoms with Crippen LogP contribution in [0.3, 0.4) is 0 Å². The predicted molar refractivity (Wildman–Crippen MR) is 136 cm³/mol. The van der Waals surface area contributed by atoms with Crippen molar-refractivity contribution in [2.75, 3.05) is 29.0 Å². The first-order chi connectivity index (χ1) is 16.1. The smallest absolute Gasteiger partial charge is 0.362 e. The Morgan fingerprint density at radius 2 is 1.36 bits per heavy atom.